The molecule has 0 unspecified atom stereocenters. The van der Waals surface area contributed by atoms with Crippen molar-refractivity contribution in [3.8, 4) is 5.75 Å². The molecular weight excluding hydrogens is 381 g/mol. The molecule has 0 spiro atoms. The Morgan fingerprint density at radius 3 is 2.48 bits per heavy atom. The highest BCUT2D eigenvalue weighted by Gasteiger charge is 1.97. The van der Waals surface area contributed by atoms with Crippen molar-refractivity contribution in [3.05, 3.63) is 29.8 Å². The number of hydrogen-bond donors (Lipinski definition) is 2. The molecule has 2 N–H and O–H groups in total. The van der Waals surface area contributed by atoms with Gasteiger partial charge in [0.2, 0.25) is 0 Å². The average molecular weight is 407 g/mol. The Kier molecular flexibility index (Phi) is 12.1. The number of ether oxygens (including phenoxy) is 2. The summed E-state index contributed by atoms with van der Waals surface area (Å²) in [5, 5.41) is 6.39. The zero-order valence-electron chi connectivity index (χ0n) is 13.0. The van der Waals surface area contributed by atoms with Crippen LogP contribution in [0.5, 0.6) is 5.75 Å². The van der Waals surface area contributed by atoms with Gasteiger partial charge in [0.05, 0.1) is 19.7 Å². The summed E-state index contributed by atoms with van der Waals surface area (Å²) in [5.41, 5.74) is 1.23. The summed E-state index contributed by atoms with van der Waals surface area (Å²) in [6.45, 7) is 7.49. The van der Waals surface area contributed by atoms with Crippen molar-refractivity contribution < 1.29 is 9.47 Å². The number of aliphatic imine (C=N–C) groups is 1. The van der Waals surface area contributed by atoms with Crippen LogP contribution in [-0.2, 0) is 4.74 Å². The van der Waals surface area contributed by atoms with Crippen LogP contribution in [0.2, 0.25) is 0 Å². The van der Waals surface area contributed by atoms with Gasteiger partial charge in [-0.1, -0.05) is 17.7 Å². The van der Waals surface area contributed by atoms with Gasteiger partial charge in [0.15, 0.2) is 5.96 Å². The molecule has 21 heavy (non-hydrogen) atoms. The third-order valence-corrected chi connectivity index (χ3v) is 2.59. The zero-order valence-corrected chi connectivity index (χ0v) is 15.3. The first-order chi connectivity index (χ1) is 9.76. The van der Waals surface area contributed by atoms with Crippen LogP contribution < -0.4 is 15.4 Å². The molecule has 0 aliphatic rings. The maximum atomic E-state index is 5.65. The van der Waals surface area contributed by atoms with Crippen LogP contribution in [-0.4, -0.2) is 45.9 Å². The third-order valence-electron chi connectivity index (χ3n) is 2.59. The molecule has 0 aromatic heterocycles. The van der Waals surface area contributed by atoms with Crippen molar-refractivity contribution in [1.82, 2.24) is 10.6 Å². The highest BCUT2D eigenvalue weighted by molar-refractivity contribution is 14.0. The molecule has 1 aromatic rings. The van der Waals surface area contributed by atoms with Crippen LogP contribution in [0.25, 0.3) is 0 Å². The Labute approximate surface area is 144 Å². The van der Waals surface area contributed by atoms with Gasteiger partial charge in [0, 0.05) is 13.7 Å². The van der Waals surface area contributed by atoms with E-state index in [0.717, 1.165) is 18.3 Å². The van der Waals surface area contributed by atoms with Crippen molar-refractivity contribution in [3.63, 3.8) is 0 Å². The molecule has 0 aliphatic heterocycles. The molecule has 0 heterocycles. The molecule has 0 amide bonds. The molecule has 120 valence electrons. The fourth-order valence-electron chi connectivity index (χ4n) is 1.56. The molecule has 0 radical (unpaired) electrons. The van der Waals surface area contributed by atoms with Gasteiger partial charge in [-0.3, -0.25) is 4.99 Å². The lowest BCUT2D eigenvalue weighted by Crippen LogP contribution is -2.39. The third kappa shape index (κ3) is 9.52. The van der Waals surface area contributed by atoms with Crippen LogP contribution in [0.1, 0.15) is 12.5 Å². The number of aryl methyl sites for hydroxylation is 1. The van der Waals surface area contributed by atoms with Crippen molar-refractivity contribution in [2.75, 3.05) is 40.0 Å². The number of guanidine groups is 1. The van der Waals surface area contributed by atoms with Gasteiger partial charge in [-0.2, -0.15) is 0 Å². The molecule has 6 heteroatoms. The monoisotopic (exact) mass is 407 g/mol. The van der Waals surface area contributed by atoms with Gasteiger partial charge >= 0.3 is 0 Å². The Bertz CT molecular complexity index is 396. The second-order valence-electron chi connectivity index (χ2n) is 4.34. The van der Waals surface area contributed by atoms with Crippen LogP contribution in [0.4, 0.5) is 0 Å². The molecule has 0 saturated carbocycles. The molecule has 0 bridgehead atoms. The molecule has 0 fully saturated rings. The van der Waals surface area contributed by atoms with Crippen molar-refractivity contribution in [2.45, 2.75) is 13.8 Å². The number of nitrogens with zero attached hydrogens (tertiary/aromatic N) is 1. The Morgan fingerprint density at radius 2 is 1.86 bits per heavy atom. The van der Waals surface area contributed by atoms with E-state index in [-0.39, 0.29) is 24.0 Å². The molecule has 0 aliphatic carbocycles. The molecule has 1 aromatic carbocycles. The number of halogens is 1. The lowest BCUT2D eigenvalue weighted by Gasteiger charge is -2.12. The maximum absolute atomic E-state index is 5.65. The number of nitrogens with one attached hydrogen (secondary N) is 2. The van der Waals surface area contributed by atoms with Gasteiger partial charge in [-0.05, 0) is 26.0 Å². The predicted octanol–water partition coefficient (Wildman–Crippen LogP) is 2.19. The standard InChI is InChI=1S/C15H25N3O2.HI/c1-4-16-15(17-9-11-19-3)18-10-12-20-14-7-5-13(2)6-8-14;/h5-8H,4,9-12H2,1-3H3,(H2,16,17,18);1H. The molecule has 1 rings (SSSR count). The van der Waals surface area contributed by atoms with Crippen LogP contribution in [0.15, 0.2) is 29.3 Å². The van der Waals surface area contributed by atoms with Gasteiger partial charge < -0.3 is 20.1 Å². The topological polar surface area (TPSA) is 54.9 Å². The summed E-state index contributed by atoms with van der Waals surface area (Å²) in [4.78, 5) is 4.37. The normalized spacial score (nSPS) is 10.7. The number of rotatable bonds is 8. The maximum Gasteiger partial charge on any atom is 0.191 e. The lowest BCUT2D eigenvalue weighted by molar-refractivity contribution is 0.208. The number of methoxy groups -OCH3 is 1. The molecule has 0 atom stereocenters. The van der Waals surface area contributed by atoms with E-state index in [4.69, 9.17) is 9.47 Å². The van der Waals surface area contributed by atoms with Gasteiger partial charge in [0.1, 0.15) is 12.4 Å². The van der Waals surface area contributed by atoms with E-state index in [0.29, 0.717) is 26.3 Å². The van der Waals surface area contributed by atoms with Crippen molar-refractivity contribution in [1.29, 1.82) is 0 Å². The van der Waals surface area contributed by atoms with Gasteiger partial charge in [-0.25, -0.2) is 0 Å². The summed E-state index contributed by atoms with van der Waals surface area (Å²) in [6, 6.07) is 8.04. The van der Waals surface area contributed by atoms with Crippen molar-refractivity contribution >= 4 is 29.9 Å². The molecular formula is C15H26IN3O2. The zero-order chi connectivity index (χ0) is 14.6. The summed E-state index contributed by atoms with van der Waals surface area (Å²) in [5.74, 6) is 1.68. The summed E-state index contributed by atoms with van der Waals surface area (Å²) in [7, 11) is 1.67. The number of benzene rings is 1. The number of hydrogen-bond acceptors (Lipinski definition) is 3. The first-order valence-corrected chi connectivity index (χ1v) is 6.97. The van der Waals surface area contributed by atoms with E-state index in [1.165, 1.54) is 5.56 Å². The minimum atomic E-state index is 0. The second-order valence-corrected chi connectivity index (χ2v) is 4.34. The minimum Gasteiger partial charge on any atom is -0.492 e. The average Bonchev–Trinajstić information content (AvgIpc) is 2.45. The van der Waals surface area contributed by atoms with E-state index in [2.05, 4.69) is 22.5 Å². The molecule has 0 saturated heterocycles. The molecule has 5 nitrogen and oxygen atoms in total. The van der Waals surface area contributed by atoms with Crippen LogP contribution in [0.3, 0.4) is 0 Å². The largest absolute Gasteiger partial charge is 0.492 e. The fourth-order valence-corrected chi connectivity index (χ4v) is 1.56. The smallest absolute Gasteiger partial charge is 0.191 e. The Morgan fingerprint density at radius 1 is 1.14 bits per heavy atom. The predicted molar refractivity (Wildman–Crippen MR) is 97.9 cm³/mol. The Hall–Kier alpha value is -1.02. The Balaban J connectivity index is 0.00000400. The second kappa shape index (κ2) is 12.7. The van der Waals surface area contributed by atoms with E-state index < -0.39 is 0 Å². The van der Waals surface area contributed by atoms with Gasteiger partial charge in [-0.15, -0.1) is 24.0 Å². The first-order valence-electron chi connectivity index (χ1n) is 6.97. The van der Waals surface area contributed by atoms with E-state index >= 15 is 0 Å². The van der Waals surface area contributed by atoms with Crippen molar-refractivity contribution in [2.24, 2.45) is 4.99 Å². The summed E-state index contributed by atoms with van der Waals surface area (Å²) < 4.78 is 10.6. The van der Waals surface area contributed by atoms with E-state index in [1.807, 2.05) is 31.2 Å². The van der Waals surface area contributed by atoms with Crippen LogP contribution >= 0.6 is 24.0 Å². The summed E-state index contributed by atoms with van der Waals surface area (Å²) >= 11 is 0. The highest BCUT2D eigenvalue weighted by atomic mass is 127. The van der Waals surface area contributed by atoms with E-state index in [9.17, 15) is 0 Å². The minimum absolute atomic E-state index is 0. The quantitative estimate of drug-likeness (QED) is 0.300. The van der Waals surface area contributed by atoms with Gasteiger partial charge in [0.25, 0.3) is 0 Å². The highest BCUT2D eigenvalue weighted by Crippen LogP contribution is 2.10. The fraction of sp³-hybridized carbons (Fsp3) is 0.533. The SMILES string of the molecule is CCNC(=NCCOC)NCCOc1ccc(C)cc1.I. The first kappa shape index (κ1) is 20.0. The summed E-state index contributed by atoms with van der Waals surface area (Å²) in [6.07, 6.45) is 0. The van der Waals surface area contributed by atoms with Crippen LogP contribution in [0, 0.1) is 6.92 Å². The lowest BCUT2D eigenvalue weighted by atomic mass is 10.2. The van der Waals surface area contributed by atoms with E-state index in [1.54, 1.807) is 7.11 Å².